The Labute approximate surface area is 335 Å². The molecule has 1 nitrogen and oxygen atoms in total. The van der Waals surface area contributed by atoms with Crippen LogP contribution >= 0.6 is 0 Å². The van der Waals surface area contributed by atoms with Crippen LogP contribution in [0.15, 0.2) is 211 Å². The molecule has 0 saturated carbocycles. The lowest BCUT2D eigenvalue weighted by molar-refractivity contribution is 0.669. The monoisotopic (exact) mass is 734 g/mol. The summed E-state index contributed by atoms with van der Waals surface area (Å²) in [6.07, 6.45) is 0. The topological polar surface area (TPSA) is 13.1 Å². The number of hydrogen-bond acceptors (Lipinski definition) is 1. The number of furan rings is 1. The lowest BCUT2D eigenvalue weighted by Gasteiger charge is -2.34. The van der Waals surface area contributed by atoms with Crippen LogP contribution in [0.3, 0.4) is 0 Å². The van der Waals surface area contributed by atoms with E-state index in [0.29, 0.717) is 0 Å². The maximum absolute atomic E-state index is 6.57. The second-order valence-corrected chi connectivity index (χ2v) is 16.0. The SMILES string of the molecule is c1ccc(C2(c3ccccc3)c3cc4ccccc4cc3-c3c(-c4ccc5c(c4)oc4ccccc45)cc(-c4cc5ccc6cccc7ccc(c4)c5c67)cc32)cc1. The first-order valence-electron chi connectivity index (χ1n) is 20.2. The minimum Gasteiger partial charge on any atom is -0.456 e. The van der Waals surface area contributed by atoms with Crippen molar-refractivity contribution in [1.29, 1.82) is 0 Å². The molecule has 12 aromatic rings. The van der Waals surface area contributed by atoms with E-state index < -0.39 is 5.41 Å². The van der Waals surface area contributed by atoms with E-state index in [4.69, 9.17) is 4.42 Å². The van der Waals surface area contributed by atoms with Gasteiger partial charge >= 0.3 is 0 Å². The minimum absolute atomic E-state index is 0.582. The van der Waals surface area contributed by atoms with Crippen molar-refractivity contribution in [2.45, 2.75) is 5.41 Å². The normalized spacial score (nSPS) is 13.3. The lowest BCUT2D eigenvalue weighted by Crippen LogP contribution is -2.28. The molecule has 1 aromatic heterocycles. The zero-order valence-corrected chi connectivity index (χ0v) is 31.5. The van der Waals surface area contributed by atoms with Gasteiger partial charge in [0, 0.05) is 10.8 Å². The molecule has 0 radical (unpaired) electrons. The first-order valence-corrected chi connectivity index (χ1v) is 20.2. The molecular formula is C57H34O. The van der Waals surface area contributed by atoms with Gasteiger partial charge in [-0.1, -0.05) is 152 Å². The van der Waals surface area contributed by atoms with E-state index in [1.165, 1.54) is 93.2 Å². The molecule has 0 amide bonds. The number of fused-ring (bicyclic) bond motifs is 7. The maximum atomic E-state index is 6.57. The van der Waals surface area contributed by atoms with Gasteiger partial charge in [0.05, 0.1) is 5.41 Å². The van der Waals surface area contributed by atoms with Gasteiger partial charge in [-0.25, -0.2) is 0 Å². The van der Waals surface area contributed by atoms with Crippen molar-refractivity contribution in [3.05, 3.63) is 229 Å². The zero-order valence-electron chi connectivity index (χ0n) is 31.5. The number of benzene rings is 11. The third-order valence-electron chi connectivity index (χ3n) is 13.0. The second-order valence-electron chi connectivity index (χ2n) is 16.0. The van der Waals surface area contributed by atoms with Gasteiger partial charge in [-0.05, 0) is 153 Å². The minimum atomic E-state index is -0.582. The molecule has 0 unspecified atom stereocenters. The standard InChI is InChI=1S/C57H34O/c1-3-16-44(17-4-1)57(45-18-5-2-6-19-45)50-32-38-13-8-7-12-37(38)30-49(50)56-48(39-26-27-47-46-20-9-10-21-52(46)58-53(47)34-39)31-43(33-51(56)57)42-28-40-24-22-35-14-11-15-36-23-25-41(29-42)55(40)54(35)36/h1-34H. The molecule has 13 rings (SSSR count). The molecule has 0 saturated heterocycles. The molecule has 0 N–H and O–H groups in total. The largest absolute Gasteiger partial charge is 0.456 e. The number of hydrogen-bond donors (Lipinski definition) is 0. The highest BCUT2D eigenvalue weighted by Crippen LogP contribution is 2.60. The summed E-state index contributed by atoms with van der Waals surface area (Å²) in [7, 11) is 0. The van der Waals surface area contributed by atoms with Gasteiger partial charge in [-0.3, -0.25) is 0 Å². The Kier molecular flexibility index (Phi) is 6.43. The van der Waals surface area contributed by atoms with Crippen molar-refractivity contribution in [2.75, 3.05) is 0 Å². The summed E-state index contributed by atoms with van der Waals surface area (Å²) in [5, 5.41) is 12.5. The van der Waals surface area contributed by atoms with Crippen LogP contribution in [0.25, 0.3) is 98.4 Å². The fraction of sp³-hybridized carbons (Fsp3) is 0.0175. The van der Waals surface area contributed by atoms with Crippen LogP contribution in [0.4, 0.5) is 0 Å². The summed E-state index contributed by atoms with van der Waals surface area (Å²) < 4.78 is 6.57. The van der Waals surface area contributed by atoms with Crippen molar-refractivity contribution < 1.29 is 4.42 Å². The van der Waals surface area contributed by atoms with E-state index in [1.807, 2.05) is 6.07 Å². The lowest BCUT2D eigenvalue weighted by atomic mass is 9.67. The third kappa shape index (κ3) is 4.31. The predicted molar refractivity (Wildman–Crippen MR) is 243 cm³/mol. The summed E-state index contributed by atoms with van der Waals surface area (Å²) in [5.74, 6) is 0. The average Bonchev–Trinajstić information content (AvgIpc) is 3.80. The Hall–Kier alpha value is -7.48. The predicted octanol–water partition coefficient (Wildman–Crippen LogP) is 15.3. The molecule has 0 fully saturated rings. The zero-order chi connectivity index (χ0) is 38.0. The Morgan fingerprint density at radius 1 is 0.310 bits per heavy atom. The second kappa shape index (κ2) is 11.8. The van der Waals surface area contributed by atoms with Crippen LogP contribution < -0.4 is 0 Å². The molecule has 0 bridgehead atoms. The molecule has 0 atom stereocenters. The summed E-state index contributed by atoms with van der Waals surface area (Å²) in [6.45, 7) is 0. The van der Waals surface area contributed by atoms with Crippen molar-refractivity contribution in [1.82, 2.24) is 0 Å². The van der Waals surface area contributed by atoms with E-state index in [9.17, 15) is 0 Å². The molecule has 58 heavy (non-hydrogen) atoms. The van der Waals surface area contributed by atoms with Gasteiger partial charge in [0.2, 0.25) is 0 Å². The van der Waals surface area contributed by atoms with E-state index in [2.05, 4.69) is 200 Å². The van der Waals surface area contributed by atoms with Gasteiger partial charge in [0.25, 0.3) is 0 Å². The molecule has 0 aliphatic heterocycles. The van der Waals surface area contributed by atoms with Crippen LogP contribution in [0.2, 0.25) is 0 Å². The van der Waals surface area contributed by atoms with Crippen LogP contribution in [-0.2, 0) is 5.41 Å². The van der Waals surface area contributed by atoms with Gasteiger partial charge in [0.15, 0.2) is 0 Å². The molecule has 268 valence electrons. The van der Waals surface area contributed by atoms with Gasteiger partial charge < -0.3 is 4.42 Å². The first-order chi connectivity index (χ1) is 28.7. The van der Waals surface area contributed by atoms with Gasteiger partial charge in [-0.15, -0.1) is 0 Å². The highest BCUT2D eigenvalue weighted by molar-refractivity contribution is 6.24. The summed E-state index contributed by atoms with van der Waals surface area (Å²) in [6, 6.07) is 76.8. The Bertz CT molecular complexity index is 3510. The Morgan fingerprint density at radius 3 is 1.60 bits per heavy atom. The molecule has 11 aromatic carbocycles. The quantitative estimate of drug-likeness (QED) is 0.164. The van der Waals surface area contributed by atoms with Crippen molar-refractivity contribution in [2.24, 2.45) is 0 Å². The van der Waals surface area contributed by atoms with Crippen molar-refractivity contribution >= 4 is 65.0 Å². The van der Waals surface area contributed by atoms with Crippen molar-refractivity contribution in [3.63, 3.8) is 0 Å². The summed E-state index contributed by atoms with van der Waals surface area (Å²) in [4.78, 5) is 0. The average molecular weight is 735 g/mol. The van der Waals surface area contributed by atoms with Gasteiger partial charge in [-0.2, -0.15) is 0 Å². The fourth-order valence-electron chi connectivity index (χ4n) is 10.5. The number of rotatable bonds is 4. The van der Waals surface area contributed by atoms with E-state index >= 15 is 0 Å². The summed E-state index contributed by atoms with van der Waals surface area (Å²) in [5.41, 5.74) is 13.6. The van der Waals surface area contributed by atoms with E-state index in [0.717, 1.165) is 27.5 Å². The van der Waals surface area contributed by atoms with Crippen molar-refractivity contribution in [3.8, 4) is 33.4 Å². The molecule has 1 heteroatoms. The fourth-order valence-corrected chi connectivity index (χ4v) is 10.5. The third-order valence-corrected chi connectivity index (χ3v) is 13.0. The van der Waals surface area contributed by atoms with Crippen LogP contribution in [0.5, 0.6) is 0 Å². The van der Waals surface area contributed by atoms with Crippen LogP contribution in [0.1, 0.15) is 22.3 Å². The van der Waals surface area contributed by atoms with E-state index in [1.54, 1.807) is 0 Å². The Morgan fingerprint density at radius 2 is 0.879 bits per heavy atom. The van der Waals surface area contributed by atoms with E-state index in [-0.39, 0.29) is 0 Å². The molecule has 1 aliphatic rings. The Balaban J connectivity index is 1.19. The highest BCUT2D eigenvalue weighted by atomic mass is 16.3. The summed E-state index contributed by atoms with van der Waals surface area (Å²) >= 11 is 0. The molecule has 1 aliphatic carbocycles. The van der Waals surface area contributed by atoms with Crippen LogP contribution in [0, 0.1) is 0 Å². The highest BCUT2D eigenvalue weighted by Gasteiger charge is 2.47. The first kappa shape index (κ1) is 31.7. The van der Waals surface area contributed by atoms with Gasteiger partial charge in [0.1, 0.15) is 11.2 Å². The maximum Gasteiger partial charge on any atom is 0.136 e. The molecule has 1 heterocycles. The molecular weight excluding hydrogens is 701 g/mol. The smallest absolute Gasteiger partial charge is 0.136 e. The molecule has 0 spiro atoms. The van der Waals surface area contributed by atoms with Crippen LogP contribution in [-0.4, -0.2) is 0 Å². The number of para-hydroxylation sites is 1.